The lowest BCUT2D eigenvalue weighted by molar-refractivity contribution is 0.671. The first-order chi connectivity index (χ1) is 9.90. The number of benzene rings is 2. The number of rotatable bonds is 5. The second kappa shape index (κ2) is 5.88. The van der Waals surface area contributed by atoms with Gasteiger partial charge in [-0.2, -0.15) is 5.10 Å². The Kier molecular flexibility index (Phi) is 3.79. The van der Waals surface area contributed by atoms with Gasteiger partial charge in [0.2, 0.25) is 0 Å². The molecule has 0 amide bonds. The van der Waals surface area contributed by atoms with E-state index in [1.165, 1.54) is 10.9 Å². The number of fused-ring (bicyclic) bond motifs is 1. The molecule has 0 aliphatic carbocycles. The molecule has 0 radical (unpaired) electrons. The minimum atomic E-state index is 0.873. The van der Waals surface area contributed by atoms with Gasteiger partial charge in [-0.15, -0.1) is 0 Å². The summed E-state index contributed by atoms with van der Waals surface area (Å²) in [6.07, 6.45) is 3.07. The van der Waals surface area contributed by atoms with Crippen LogP contribution < -0.4 is 5.32 Å². The predicted octanol–water partition coefficient (Wildman–Crippen LogP) is 3.53. The first kappa shape index (κ1) is 12.9. The molecule has 2 aromatic carbocycles. The maximum absolute atomic E-state index is 4.54. The Morgan fingerprint density at radius 1 is 1.05 bits per heavy atom. The van der Waals surface area contributed by atoms with E-state index in [2.05, 4.69) is 59.8 Å². The van der Waals surface area contributed by atoms with Crippen molar-refractivity contribution >= 4 is 10.9 Å². The molecule has 20 heavy (non-hydrogen) atoms. The second-order valence-corrected chi connectivity index (χ2v) is 4.92. The van der Waals surface area contributed by atoms with E-state index in [0.717, 1.165) is 30.7 Å². The first-order valence-corrected chi connectivity index (χ1v) is 7.12. The molecular weight excluding hydrogens is 246 g/mol. The number of hydrogen-bond donors (Lipinski definition) is 1. The fourth-order valence-corrected chi connectivity index (χ4v) is 2.43. The molecule has 102 valence electrons. The van der Waals surface area contributed by atoms with Crippen LogP contribution in [0.5, 0.6) is 0 Å². The second-order valence-electron chi connectivity index (χ2n) is 4.92. The molecule has 0 aliphatic heterocycles. The minimum absolute atomic E-state index is 0.873. The quantitative estimate of drug-likeness (QED) is 0.715. The lowest BCUT2D eigenvalue weighted by atomic mass is 10.1. The van der Waals surface area contributed by atoms with E-state index in [0.29, 0.717) is 0 Å². The molecule has 1 aromatic heterocycles. The summed E-state index contributed by atoms with van der Waals surface area (Å²) in [5.41, 5.74) is 3.57. The monoisotopic (exact) mass is 265 g/mol. The van der Waals surface area contributed by atoms with E-state index in [9.17, 15) is 0 Å². The Morgan fingerprint density at radius 3 is 2.75 bits per heavy atom. The highest BCUT2D eigenvalue weighted by Gasteiger charge is 2.08. The Balaban J connectivity index is 2.01. The van der Waals surface area contributed by atoms with Crippen LogP contribution in [0.1, 0.15) is 18.9 Å². The van der Waals surface area contributed by atoms with Crippen molar-refractivity contribution in [3.8, 4) is 5.69 Å². The molecule has 1 heterocycles. The van der Waals surface area contributed by atoms with Gasteiger partial charge in [-0.25, -0.2) is 4.68 Å². The number of nitrogens with zero attached hydrogens (tertiary/aromatic N) is 2. The number of aromatic nitrogens is 2. The predicted molar refractivity (Wildman–Crippen MR) is 83.1 cm³/mol. The summed E-state index contributed by atoms with van der Waals surface area (Å²) < 4.78 is 2.03. The van der Waals surface area contributed by atoms with E-state index in [1.54, 1.807) is 0 Å². The van der Waals surface area contributed by atoms with Gasteiger partial charge in [0.25, 0.3) is 0 Å². The smallest absolute Gasteiger partial charge is 0.0741 e. The summed E-state index contributed by atoms with van der Waals surface area (Å²) in [5, 5.41) is 9.17. The maximum Gasteiger partial charge on any atom is 0.0741 e. The van der Waals surface area contributed by atoms with Crippen LogP contribution in [0.25, 0.3) is 16.6 Å². The van der Waals surface area contributed by atoms with E-state index in [1.807, 2.05) is 16.9 Å². The average Bonchev–Trinajstić information content (AvgIpc) is 2.92. The first-order valence-electron chi connectivity index (χ1n) is 7.12. The molecule has 0 fully saturated rings. The van der Waals surface area contributed by atoms with Gasteiger partial charge in [0.1, 0.15) is 0 Å². The van der Waals surface area contributed by atoms with Crippen LogP contribution >= 0.6 is 0 Å². The Bertz CT molecular complexity index is 700. The third kappa shape index (κ3) is 2.45. The highest BCUT2D eigenvalue weighted by molar-refractivity contribution is 5.80. The van der Waals surface area contributed by atoms with Gasteiger partial charge in [0, 0.05) is 11.9 Å². The van der Waals surface area contributed by atoms with Crippen molar-refractivity contribution < 1.29 is 0 Å². The van der Waals surface area contributed by atoms with Crippen molar-refractivity contribution in [2.24, 2.45) is 0 Å². The lowest BCUT2D eigenvalue weighted by Crippen LogP contribution is -2.15. The maximum atomic E-state index is 4.54. The van der Waals surface area contributed by atoms with Gasteiger partial charge in [0.15, 0.2) is 0 Å². The average molecular weight is 265 g/mol. The van der Waals surface area contributed by atoms with Crippen LogP contribution in [0.3, 0.4) is 0 Å². The molecule has 0 spiro atoms. The van der Waals surface area contributed by atoms with Crippen LogP contribution in [0.2, 0.25) is 0 Å². The highest BCUT2D eigenvalue weighted by Crippen LogP contribution is 2.20. The fraction of sp³-hybridized carbons (Fsp3) is 0.235. The number of nitrogens with one attached hydrogen (secondary N) is 1. The van der Waals surface area contributed by atoms with Gasteiger partial charge in [-0.1, -0.05) is 43.3 Å². The number of para-hydroxylation sites is 2. The zero-order chi connectivity index (χ0) is 13.8. The van der Waals surface area contributed by atoms with Gasteiger partial charge in [-0.05, 0) is 30.7 Å². The zero-order valence-electron chi connectivity index (χ0n) is 11.7. The minimum Gasteiger partial charge on any atom is -0.313 e. The van der Waals surface area contributed by atoms with Gasteiger partial charge >= 0.3 is 0 Å². The van der Waals surface area contributed by atoms with Crippen molar-refractivity contribution in [2.45, 2.75) is 19.9 Å². The summed E-state index contributed by atoms with van der Waals surface area (Å²) in [5.74, 6) is 0. The number of hydrogen-bond acceptors (Lipinski definition) is 2. The molecule has 3 nitrogen and oxygen atoms in total. The van der Waals surface area contributed by atoms with Crippen molar-refractivity contribution in [1.82, 2.24) is 15.1 Å². The summed E-state index contributed by atoms with van der Waals surface area (Å²) in [6, 6.07) is 16.7. The van der Waals surface area contributed by atoms with E-state index in [-0.39, 0.29) is 0 Å². The topological polar surface area (TPSA) is 29.9 Å². The van der Waals surface area contributed by atoms with Crippen LogP contribution in [0, 0.1) is 0 Å². The molecule has 0 aliphatic rings. The Morgan fingerprint density at radius 2 is 1.85 bits per heavy atom. The Labute approximate surface area is 119 Å². The Hall–Kier alpha value is -2.13. The third-order valence-corrected chi connectivity index (χ3v) is 3.44. The van der Waals surface area contributed by atoms with Crippen LogP contribution in [0.4, 0.5) is 0 Å². The van der Waals surface area contributed by atoms with Crippen molar-refractivity contribution in [1.29, 1.82) is 0 Å². The largest absolute Gasteiger partial charge is 0.313 e. The van der Waals surface area contributed by atoms with Gasteiger partial charge in [0.05, 0.1) is 17.4 Å². The summed E-state index contributed by atoms with van der Waals surface area (Å²) in [7, 11) is 0. The van der Waals surface area contributed by atoms with Crippen molar-refractivity contribution in [3.63, 3.8) is 0 Å². The molecule has 0 saturated heterocycles. The van der Waals surface area contributed by atoms with Crippen molar-refractivity contribution in [3.05, 3.63) is 60.3 Å². The molecule has 0 unspecified atom stereocenters. The summed E-state index contributed by atoms with van der Waals surface area (Å²) >= 11 is 0. The molecule has 3 aromatic rings. The fourth-order valence-electron chi connectivity index (χ4n) is 2.43. The molecule has 0 bridgehead atoms. The zero-order valence-corrected chi connectivity index (χ0v) is 11.7. The molecule has 3 heteroatoms. The molecule has 3 rings (SSSR count). The summed E-state index contributed by atoms with van der Waals surface area (Å²) in [4.78, 5) is 0. The normalized spacial score (nSPS) is 11.1. The van der Waals surface area contributed by atoms with E-state index in [4.69, 9.17) is 0 Å². The summed E-state index contributed by atoms with van der Waals surface area (Å²) in [6.45, 7) is 4.09. The molecule has 1 N–H and O–H groups in total. The standard InChI is InChI=1S/C17H19N3/c1-2-11-18-12-14-7-3-5-9-16(14)20-17-10-6-4-8-15(17)13-19-20/h3-10,13,18H,2,11-12H2,1H3. The van der Waals surface area contributed by atoms with Gasteiger partial charge < -0.3 is 5.32 Å². The van der Waals surface area contributed by atoms with Gasteiger partial charge in [-0.3, -0.25) is 0 Å². The lowest BCUT2D eigenvalue weighted by Gasteiger charge is -2.11. The van der Waals surface area contributed by atoms with Crippen LogP contribution in [0.15, 0.2) is 54.7 Å². The molecule has 0 saturated carbocycles. The van der Waals surface area contributed by atoms with E-state index < -0.39 is 0 Å². The van der Waals surface area contributed by atoms with Crippen LogP contribution in [-0.2, 0) is 6.54 Å². The highest BCUT2D eigenvalue weighted by atomic mass is 15.3. The molecular formula is C17H19N3. The van der Waals surface area contributed by atoms with Crippen LogP contribution in [-0.4, -0.2) is 16.3 Å². The van der Waals surface area contributed by atoms with Crippen molar-refractivity contribution in [2.75, 3.05) is 6.54 Å². The third-order valence-electron chi connectivity index (χ3n) is 3.44. The van der Waals surface area contributed by atoms with E-state index >= 15 is 0 Å². The SMILES string of the molecule is CCCNCc1ccccc1-n1ncc2ccccc21. The molecule has 0 atom stereocenters.